The second-order valence-corrected chi connectivity index (χ2v) is 15.6. The van der Waals surface area contributed by atoms with Gasteiger partial charge in [0.05, 0.1) is 62.0 Å². The van der Waals surface area contributed by atoms with Crippen LogP contribution in [0.25, 0.3) is 22.4 Å². The normalized spacial score (nSPS) is 20.2. The third-order valence-electron chi connectivity index (χ3n) is 11.0. The van der Waals surface area contributed by atoms with Crippen LogP contribution < -0.4 is 16.0 Å². The summed E-state index contributed by atoms with van der Waals surface area (Å²) in [6.45, 7) is 5.57. The molecule has 300 valence electrons. The lowest BCUT2D eigenvalue weighted by Crippen LogP contribution is -2.54. The van der Waals surface area contributed by atoms with Gasteiger partial charge in [0.15, 0.2) is 0 Å². The van der Waals surface area contributed by atoms with Gasteiger partial charge in [-0.1, -0.05) is 62.4 Å². The number of hydrogen-bond donors (Lipinski definition) is 4. The first-order valence-electron chi connectivity index (χ1n) is 19.4. The van der Waals surface area contributed by atoms with Crippen LogP contribution in [0.5, 0.6) is 0 Å². The fraction of sp³-hybridized carbons (Fsp3) is 0.439. The zero-order valence-electron chi connectivity index (χ0n) is 32.6. The van der Waals surface area contributed by atoms with Crippen molar-refractivity contribution < 1.29 is 28.7 Å². The number of hydrogen-bond acceptors (Lipinski definition) is 11. The van der Waals surface area contributed by atoms with E-state index in [4.69, 9.17) is 19.5 Å². The summed E-state index contributed by atoms with van der Waals surface area (Å²) < 4.78 is 9.57. The second-order valence-electron chi connectivity index (χ2n) is 14.9. The van der Waals surface area contributed by atoms with Crippen LogP contribution in [0.4, 0.5) is 9.59 Å². The standard InChI is InChI=1S/C41H49N9O6S/c1-24(2)35(48-41(54)56-4)39(52)50-18-6-8-34(50)37-43-21-32(46-37)28-15-11-26(12-16-28)25-9-13-27(14-10-25)31-20-42-36(45-31)33-7-5-17-49(33)38(51)30(47-40(53)55-3)19-29-22-57-23-44-29/h9-16,20,22-24,30,32-35H,5-8,17-19,21H2,1-4H3,(H,42,45)(H,43,46)(H,47,53)(H,48,54)/t30-,32?,33-,34-,35-/m0/s1. The van der Waals surface area contributed by atoms with Crippen molar-refractivity contribution in [2.24, 2.45) is 10.9 Å². The fourth-order valence-corrected chi connectivity index (χ4v) is 8.48. The van der Waals surface area contributed by atoms with Crippen LogP contribution in [-0.2, 0) is 25.5 Å². The molecule has 2 saturated heterocycles. The van der Waals surface area contributed by atoms with Crippen molar-refractivity contribution in [3.05, 3.63) is 82.7 Å². The number of rotatable bonds is 12. The van der Waals surface area contributed by atoms with Crippen molar-refractivity contribution >= 4 is 41.2 Å². The van der Waals surface area contributed by atoms with Crippen molar-refractivity contribution in [3.63, 3.8) is 0 Å². The molecule has 2 aromatic carbocycles. The van der Waals surface area contributed by atoms with E-state index in [1.165, 1.54) is 25.6 Å². The maximum Gasteiger partial charge on any atom is 0.407 e. The molecule has 4 amide bonds. The predicted octanol–water partition coefficient (Wildman–Crippen LogP) is 5.25. The summed E-state index contributed by atoms with van der Waals surface area (Å²) in [7, 11) is 2.57. The smallest absolute Gasteiger partial charge is 0.407 e. The molecule has 5 heterocycles. The number of amidine groups is 1. The number of methoxy groups -OCH3 is 2. The predicted molar refractivity (Wildman–Crippen MR) is 215 cm³/mol. The first kappa shape index (κ1) is 39.5. The van der Waals surface area contributed by atoms with Gasteiger partial charge in [-0.15, -0.1) is 11.3 Å². The van der Waals surface area contributed by atoms with Crippen molar-refractivity contribution in [2.45, 2.75) is 76.2 Å². The van der Waals surface area contributed by atoms with Gasteiger partial charge in [-0.2, -0.15) is 0 Å². The van der Waals surface area contributed by atoms with Crippen molar-refractivity contribution in [3.8, 4) is 22.4 Å². The number of amides is 4. The molecule has 16 heteroatoms. The Morgan fingerprint density at radius 2 is 1.47 bits per heavy atom. The van der Waals surface area contributed by atoms with Gasteiger partial charge in [-0.3, -0.25) is 14.6 Å². The minimum atomic E-state index is -0.807. The number of nitrogens with one attached hydrogen (secondary N) is 4. The lowest BCUT2D eigenvalue weighted by molar-refractivity contribution is -0.135. The molecule has 0 saturated carbocycles. The zero-order chi connectivity index (χ0) is 40.1. The van der Waals surface area contributed by atoms with E-state index in [1.54, 1.807) is 16.6 Å². The number of carbonyl (C=O) groups is 4. The number of thiazole rings is 1. The monoisotopic (exact) mass is 795 g/mol. The molecular weight excluding hydrogens is 747 g/mol. The fourth-order valence-electron chi connectivity index (χ4n) is 7.91. The van der Waals surface area contributed by atoms with Gasteiger partial charge in [0.1, 0.15) is 23.7 Å². The molecule has 7 rings (SSSR count). The summed E-state index contributed by atoms with van der Waals surface area (Å²) in [5.41, 5.74) is 7.51. The molecule has 2 fully saturated rings. The third-order valence-corrected chi connectivity index (χ3v) is 11.6. The number of benzene rings is 2. The minimum absolute atomic E-state index is 0.00308. The van der Waals surface area contributed by atoms with Gasteiger partial charge in [0.25, 0.3) is 0 Å². The van der Waals surface area contributed by atoms with Gasteiger partial charge >= 0.3 is 12.2 Å². The molecule has 15 nitrogen and oxygen atoms in total. The molecule has 0 aliphatic carbocycles. The summed E-state index contributed by atoms with van der Waals surface area (Å²) in [5, 5.41) is 10.9. The topological polar surface area (TPSA) is 183 Å². The Hall–Kier alpha value is -5.77. The molecule has 0 radical (unpaired) electrons. The maximum absolute atomic E-state index is 13.8. The molecule has 2 aromatic heterocycles. The van der Waals surface area contributed by atoms with Crippen LogP contribution in [0.2, 0.25) is 0 Å². The van der Waals surface area contributed by atoms with E-state index in [0.717, 1.165) is 65.2 Å². The Balaban J connectivity index is 0.967. The molecule has 5 atom stereocenters. The molecule has 3 aliphatic heterocycles. The number of alkyl carbamates (subject to hydrolysis) is 2. The Morgan fingerprint density at radius 3 is 2.12 bits per heavy atom. The first-order chi connectivity index (χ1) is 27.6. The average Bonchev–Trinajstić information content (AvgIpc) is 4.09. The molecule has 0 spiro atoms. The number of ether oxygens (including phenoxy) is 2. The first-order valence-corrected chi connectivity index (χ1v) is 20.3. The zero-order valence-corrected chi connectivity index (χ0v) is 33.4. The molecule has 57 heavy (non-hydrogen) atoms. The van der Waals surface area contributed by atoms with E-state index in [-0.39, 0.29) is 42.3 Å². The Kier molecular flexibility index (Phi) is 12.2. The number of aromatic amines is 1. The molecule has 0 bridgehead atoms. The van der Waals surface area contributed by atoms with Gasteiger partial charge in [-0.25, -0.2) is 19.6 Å². The number of aliphatic imine (C=N–C) groups is 1. The average molecular weight is 796 g/mol. The lowest BCUT2D eigenvalue weighted by atomic mass is 9.99. The molecule has 4 aromatic rings. The summed E-state index contributed by atoms with van der Waals surface area (Å²) in [6.07, 6.45) is 4.05. The van der Waals surface area contributed by atoms with Crippen LogP contribution in [0.1, 0.15) is 68.7 Å². The van der Waals surface area contributed by atoms with E-state index < -0.39 is 24.3 Å². The summed E-state index contributed by atoms with van der Waals surface area (Å²) in [4.78, 5) is 72.3. The van der Waals surface area contributed by atoms with Crippen LogP contribution in [0, 0.1) is 5.92 Å². The van der Waals surface area contributed by atoms with Gasteiger partial charge in [0, 0.05) is 24.9 Å². The largest absolute Gasteiger partial charge is 0.453 e. The van der Waals surface area contributed by atoms with Gasteiger partial charge in [-0.05, 0) is 53.9 Å². The number of carbonyl (C=O) groups excluding carboxylic acids is 4. The number of aromatic nitrogens is 3. The Morgan fingerprint density at radius 1 is 0.842 bits per heavy atom. The highest BCUT2D eigenvalue weighted by molar-refractivity contribution is 7.07. The van der Waals surface area contributed by atoms with E-state index >= 15 is 0 Å². The summed E-state index contributed by atoms with van der Waals surface area (Å²) >= 11 is 1.44. The van der Waals surface area contributed by atoms with Crippen LogP contribution in [0.15, 0.2) is 70.6 Å². The van der Waals surface area contributed by atoms with Crippen molar-refractivity contribution in [1.82, 2.24) is 40.7 Å². The molecule has 3 aliphatic rings. The Labute approximate surface area is 335 Å². The quantitative estimate of drug-likeness (QED) is 0.149. The maximum atomic E-state index is 13.8. The van der Waals surface area contributed by atoms with E-state index in [0.29, 0.717) is 25.5 Å². The summed E-state index contributed by atoms with van der Waals surface area (Å²) in [5.74, 6) is 1.11. The number of imidazole rings is 1. The lowest BCUT2D eigenvalue weighted by Gasteiger charge is -2.31. The summed E-state index contributed by atoms with van der Waals surface area (Å²) in [6, 6.07) is 14.8. The van der Waals surface area contributed by atoms with E-state index in [1.807, 2.05) is 24.1 Å². The van der Waals surface area contributed by atoms with E-state index in [2.05, 4.69) is 74.4 Å². The second kappa shape index (κ2) is 17.6. The van der Waals surface area contributed by atoms with Crippen molar-refractivity contribution in [2.75, 3.05) is 33.9 Å². The minimum Gasteiger partial charge on any atom is -0.453 e. The third kappa shape index (κ3) is 8.80. The van der Waals surface area contributed by atoms with Crippen LogP contribution in [0.3, 0.4) is 0 Å². The van der Waals surface area contributed by atoms with Crippen molar-refractivity contribution in [1.29, 1.82) is 0 Å². The van der Waals surface area contributed by atoms with Crippen LogP contribution in [-0.4, -0.2) is 107 Å². The highest BCUT2D eigenvalue weighted by Gasteiger charge is 2.40. The SMILES string of the molecule is COC(=O)N[C@@H](Cc1cscn1)C(=O)N1CCC[C@H]1c1ncc(-c2ccc(-c3ccc(C4CN=C([C@@H]5CCCN5C(=O)[C@@H](NC(=O)OC)C(C)C)N4)cc3)cc2)[nH]1. The molecule has 4 N–H and O–H groups in total. The molecule has 1 unspecified atom stereocenters. The molecular formula is C41H49N9O6S. The van der Waals surface area contributed by atoms with E-state index in [9.17, 15) is 19.2 Å². The highest BCUT2D eigenvalue weighted by Crippen LogP contribution is 2.33. The van der Waals surface area contributed by atoms with Gasteiger partial charge < -0.3 is 40.2 Å². The number of H-pyrrole nitrogens is 1. The van der Waals surface area contributed by atoms with Crippen LogP contribution >= 0.6 is 11.3 Å². The number of nitrogens with zero attached hydrogens (tertiary/aromatic N) is 5. The van der Waals surface area contributed by atoms with Gasteiger partial charge in [0.2, 0.25) is 11.8 Å². The Bertz CT molecular complexity index is 2070. The number of likely N-dealkylation sites (tertiary alicyclic amines) is 2. The highest BCUT2D eigenvalue weighted by atomic mass is 32.1.